The molecule has 12 nitrogen and oxygen atoms in total. The van der Waals surface area contributed by atoms with Gasteiger partial charge in [-0.2, -0.15) is 19.8 Å². The third-order valence-electron chi connectivity index (χ3n) is 4.12. The molecule has 0 fully saturated rings. The van der Waals surface area contributed by atoms with Crippen molar-refractivity contribution < 1.29 is 0 Å². The standard InChI is InChI=1S/C16H22N12S2/c1-9(2)27-23-13(19-25-27)5-11-7-17-21-15(11)29-30-16-12(8-18-22-16)6-14-20-26-28(24-14)10(3)4/h7-10H,5-6H2,1-4H3,(H,17,21)(H,18,22). The maximum Gasteiger partial charge on any atom is 0.179 e. The first-order valence-corrected chi connectivity index (χ1v) is 11.6. The van der Waals surface area contributed by atoms with Gasteiger partial charge in [-0.3, -0.25) is 10.2 Å². The predicted molar refractivity (Wildman–Crippen MR) is 111 cm³/mol. The molecule has 14 heteroatoms. The first-order valence-electron chi connectivity index (χ1n) is 9.45. The van der Waals surface area contributed by atoms with Gasteiger partial charge in [0.1, 0.15) is 10.1 Å². The predicted octanol–water partition coefficient (Wildman–Crippen LogP) is 2.25. The topological polar surface area (TPSA) is 145 Å². The van der Waals surface area contributed by atoms with Gasteiger partial charge >= 0.3 is 0 Å². The Bertz CT molecular complexity index is 1000. The molecule has 0 bridgehead atoms. The van der Waals surface area contributed by atoms with Gasteiger partial charge in [-0.05, 0) is 59.7 Å². The number of nitrogens with zero attached hydrogens (tertiary/aromatic N) is 10. The Labute approximate surface area is 180 Å². The van der Waals surface area contributed by atoms with Crippen molar-refractivity contribution >= 4 is 21.6 Å². The monoisotopic (exact) mass is 446 g/mol. The van der Waals surface area contributed by atoms with Gasteiger partial charge in [-0.15, -0.1) is 20.4 Å². The van der Waals surface area contributed by atoms with Crippen molar-refractivity contribution in [3.05, 3.63) is 35.2 Å². The Balaban J connectivity index is 1.40. The van der Waals surface area contributed by atoms with Crippen molar-refractivity contribution in [2.45, 2.75) is 62.7 Å². The summed E-state index contributed by atoms with van der Waals surface area (Å²) >= 11 is 0. The van der Waals surface area contributed by atoms with Gasteiger partial charge < -0.3 is 0 Å². The van der Waals surface area contributed by atoms with Crippen LogP contribution in [0.4, 0.5) is 0 Å². The second-order valence-electron chi connectivity index (χ2n) is 7.21. The molecule has 4 rings (SSSR count). The van der Waals surface area contributed by atoms with E-state index in [1.165, 1.54) is 0 Å². The number of tetrazole rings is 2. The molecule has 0 saturated heterocycles. The summed E-state index contributed by atoms with van der Waals surface area (Å²) in [4.78, 5) is 3.22. The molecule has 0 aliphatic rings. The highest BCUT2D eigenvalue weighted by Crippen LogP contribution is 2.39. The van der Waals surface area contributed by atoms with Crippen LogP contribution in [0.2, 0.25) is 0 Å². The van der Waals surface area contributed by atoms with Gasteiger partial charge in [0, 0.05) is 24.0 Å². The lowest BCUT2D eigenvalue weighted by Gasteiger charge is -2.02. The molecular weight excluding hydrogens is 424 g/mol. The zero-order valence-corrected chi connectivity index (χ0v) is 18.6. The van der Waals surface area contributed by atoms with Crippen LogP contribution < -0.4 is 0 Å². The van der Waals surface area contributed by atoms with E-state index in [9.17, 15) is 0 Å². The maximum atomic E-state index is 4.41. The first-order chi connectivity index (χ1) is 14.5. The van der Waals surface area contributed by atoms with E-state index in [2.05, 4.69) is 51.2 Å². The normalized spacial score (nSPS) is 11.8. The maximum absolute atomic E-state index is 4.41. The van der Waals surface area contributed by atoms with Crippen LogP contribution in [0.15, 0.2) is 22.4 Å². The summed E-state index contributed by atoms with van der Waals surface area (Å²) in [5.74, 6) is 1.33. The van der Waals surface area contributed by atoms with Gasteiger partial charge in [-0.1, -0.05) is 0 Å². The van der Waals surface area contributed by atoms with E-state index in [0.29, 0.717) is 24.5 Å². The molecule has 0 radical (unpaired) electrons. The molecule has 0 spiro atoms. The molecule has 0 amide bonds. The second kappa shape index (κ2) is 8.95. The molecule has 4 aromatic rings. The van der Waals surface area contributed by atoms with Crippen LogP contribution in [0.1, 0.15) is 62.6 Å². The molecule has 0 aliphatic heterocycles. The zero-order valence-electron chi connectivity index (χ0n) is 17.0. The number of aromatic nitrogens is 12. The molecule has 4 aromatic heterocycles. The summed E-state index contributed by atoms with van der Waals surface area (Å²) in [6.45, 7) is 8.06. The molecule has 0 aliphatic carbocycles. The molecular formula is C16H22N12S2. The molecule has 2 N–H and O–H groups in total. The van der Waals surface area contributed by atoms with Crippen molar-refractivity contribution in [1.82, 2.24) is 60.8 Å². The first kappa shape index (κ1) is 20.5. The van der Waals surface area contributed by atoms with Gasteiger partial charge in [0.05, 0.1) is 24.5 Å². The SMILES string of the molecule is CC(C)n1nnc(Cc2cn[nH]c2SSc2[nH]ncc2Cc2nnn(C(C)C)n2)n1. The molecule has 0 atom stereocenters. The van der Waals surface area contributed by atoms with Crippen molar-refractivity contribution in [2.24, 2.45) is 0 Å². The second-order valence-corrected chi connectivity index (χ2v) is 9.36. The molecule has 158 valence electrons. The Morgan fingerprint density at radius 3 is 1.57 bits per heavy atom. The van der Waals surface area contributed by atoms with Crippen LogP contribution in [-0.2, 0) is 12.8 Å². The van der Waals surface area contributed by atoms with Gasteiger partial charge in [0.15, 0.2) is 11.6 Å². The number of H-pyrrole nitrogens is 2. The third kappa shape index (κ3) is 4.70. The van der Waals surface area contributed by atoms with Crippen LogP contribution in [0, 0.1) is 0 Å². The molecule has 0 aromatic carbocycles. The summed E-state index contributed by atoms with van der Waals surface area (Å²) in [6, 6.07) is 0.353. The van der Waals surface area contributed by atoms with Crippen molar-refractivity contribution in [2.75, 3.05) is 0 Å². The Morgan fingerprint density at radius 2 is 1.20 bits per heavy atom. The minimum Gasteiger partial charge on any atom is -0.271 e. The molecule has 0 unspecified atom stereocenters. The minimum atomic E-state index is 0.176. The average Bonchev–Trinajstić information content (AvgIpc) is 3.49. The summed E-state index contributed by atoms with van der Waals surface area (Å²) < 4.78 is 0. The van der Waals surface area contributed by atoms with Gasteiger partial charge in [-0.25, -0.2) is 0 Å². The highest BCUT2D eigenvalue weighted by atomic mass is 33.1. The van der Waals surface area contributed by atoms with E-state index < -0.39 is 0 Å². The Hall–Kier alpha value is -2.74. The average molecular weight is 447 g/mol. The lowest BCUT2D eigenvalue weighted by Crippen LogP contribution is -2.05. The van der Waals surface area contributed by atoms with E-state index in [-0.39, 0.29) is 12.1 Å². The summed E-state index contributed by atoms with van der Waals surface area (Å²) in [5.41, 5.74) is 2.02. The van der Waals surface area contributed by atoms with Crippen LogP contribution in [-0.4, -0.2) is 60.8 Å². The van der Waals surface area contributed by atoms with E-state index in [1.807, 2.05) is 27.7 Å². The summed E-state index contributed by atoms with van der Waals surface area (Å²) in [6.07, 6.45) is 4.70. The highest BCUT2D eigenvalue weighted by molar-refractivity contribution is 8.76. The van der Waals surface area contributed by atoms with Crippen LogP contribution in [0.5, 0.6) is 0 Å². The van der Waals surface area contributed by atoms with Crippen LogP contribution in [0.3, 0.4) is 0 Å². The summed E-state index contributed by atoms with van der Waals surface area (Å²) in [7, 11) is 3.12. The lowest BCUT2D eigenvalue weighted by molar-refractivity contribution is 0.453. The fraction of sp³-hybridized carbons (Fsp3) is 0.500. The van der Waals surface area contributed by atoms with Crippen molar-refractivity contribution in [3.8, 4) is 0 Å². The number of hydrogen-bond donors (Lipinski definition) is 2. The van der Waals surface area contributed by atoms with Crippen LogP contribution >= 0.6 is 21.6 Å². The van der Waals surface area contributed by atoms with E-state index in [0.717, 1.165) is 21.2 Å². The minimum absolute atomic E-state index is 0.176. The zero-order chi connectivity index (χ0) is 21.1. The molecule has 4 heterocycles. The van der Waals surface area contributed by atoms with Crippen LogP contribution in [0.25, 0.3) is 0 Å². The molecule has 30 heavy (non-hydrogen) atoms. The Morgan fingerprint density at radius 1 is 0.767 bits per heavy atom. The Kier molecular flexibility index (Phi) is 6.13. The van der Waals surface area contributed by atoms with Gasteiger partial charge in [0.2, 0.25) is 0 Å². The largest absolute Gasteiger partial charge is 0.271 e. The van der Waals surface area contributed by atoms with E-state index in [1.54, 1.807) is 43.6 Å². The van der Waals surface area contributed by atoms with Gasteiger partial charge in [0.25, 0.3) is 0 Å². The fourth-order valence-electron chi connectivity index (χ4n) is 2.51. The number of hydrogen-bond acceptors (Lipinski definition) is 10. The fourth-order valence-corrected chi connectivity index (χ4v) is 4.69. The summed E-state index contributed by atoms with van der Waals surface area (Å²) in [5, 5.41) is 41.5. The third-order valence-corrected chi connectivity index (χ3v) is 6.50. The number of aromatic amines is 2. The smallest absolute Gasteiger partial charge is 0.179 e. The number of nitrogens with one attached hydrogen (secondary N) is 2. The molecule has 0 saturated carbocycles. The lowest BCUT2D eigenvalue weighted by atomic mass is 10.2. The van der Waals surface area contributed by atoms with Crippen molar-refractivity contribution in [1.29, 1.82) is 0 Å². The van der Waals surface area contributed by atoms with Crippen molar-refractivity contribution in [3.63, 3.8) is 0 Å². The van der Waals surface area contributed by atoms with E-state index >= 15 is 0 Å². The quantitative estimate of drug-likeness (QED) is 0.367. The van der Waals surface area contributed by atoms with E-state index in [4.69, 9.17) is 0 Å². The highest BCUT2D eigenvalue weighted by Gasteiger charge is 2.15. The number of rotatable bonds is 9.